The number of aromatic nitrogens is 2. The maximum absolute atomic E-state index is 12.2. The molecule has 88 valence electrons. The zero-order valence-corrected chi connectivity index (χ0v) is 10.9. The summed E-state index contributed by atoms with van der Waals surface area (Å²) in [4.78, 5) is 20.2. The van der Waals surface area contributed by atoms with Crippen molar-refractivity contribution in [3.05, 3.63) is 45.3 Å². The van der Waals surface area contributed by atoms with Crippen molar-refractivity contribution < 1.29 is 4.79 Å². The SMILES string of the molecule is N#Cc1nc2c(nc1C#N)-c1ccc(Br)cc1C2=O. The number of nitrogens with zero attached hydrogens (tertiary/aromatic N) is 4. The predicted molar refractivity (Wildman–Crippen MR) is 68.0 cm³/mol. The molecule has 0 atom stereocenters. The molecule has 3 rings (SSSR count). The summed E-state index contributed by atoms with van der Waals surface area (Å²) in [5.41, 5.74) is 1.41. The average molecular weight is 311 g/mol. The molecule has 1 aromatic heterocycles. The summed E-state index contributed by atoms with van der Waals surface area (Å²) in [6.45, 7) is 0. The van der Waals surface area contributed by atoms with Crippen LogP contribution in [0.2, 0.25) is 0 Å². The van der Waals surface area contributed by atoms with E-state index in [0.717, 1.165) is 4.47 Å². The highest BCUT2D eigenvalue weighted by atomic mass is 79.9. The van der Waals surface area contributed by atoms with E-state index in [-0.39, 0.29) is 22.9 Å². The van der Waals surface area contributed by atoms with Crippen LogP contribution in [0.5, 0.6) is 0 Å². The van der Waals surface area contributed by atoms with Gasteiger partial charge >= 0.3 is 0 Å². The number of carbonyl (C=O) groups excluding carboxylic acids is 1. The average Bonchev–Trinajstić information content (AvgIpc) is 2.70. The van der Waals surface area contributed by atoms with Gasteiger partial charge in [0.25, 0.3) is 0 Å². The van der Waals surface area contributed by atoms with Gasteiger partial charge in [0.2, 0.25) is 5.78 Å². The third kappa shape index (κ3) is 1.55. The summed E-state index contributed by atoms with van der Waals surface area (Å²) in [6.07, 6.45) is 0. The number of rotatable bonds is 0. The predicted octanol–water partition coefficient (Wildman–Crippen LogP) is 2.19. The van der Waals surface area contributed by atoms with Gasteiger partial charge in [-0.1, -0.05) is 22.0 Å². The van der Waals surface area contributed by atoms with Crippen molar-refractivity contribution in [3.63, 3.8) is 0 Å². The lowest BCUT2D eigenvalue weighted by atomic mass is 10.1. The van der Waals surface area contributed by atoms with E-state index in [1.165, 1.54) is 0 Å². The standard InChI is InChI=1S/C13H3BrN4O/c14-6-1-2-7-8(3-6)13(19)12-11(7)17-9(4-15)10(5-16)18-12/h1-3H. The van der Waals surface area contributed by atoms with Crippen LogP contribution in [-0.2, 0) is 0 Å². The molecule has 0 saturated heterocycles. The van der Waals surface area contributed by atoms with Crippen molar-refractivity contribution in [2.24, 2.45) is 0 Å². The van der Waals surface area contributed by atoms with Crippen LogP contribution >= 0.6 is 15.9 Å². The van der Waals surface area contributed by atoms with Gasteiger partial charge in [-0.05, 0) is 12.1 Å². The molecule has 0 N–H and O–H groups in total. The minimum Gasteiger partial charge on any atom is -0.287 e. The Labute approximate surface area is 116 Å². The van der Waals surface area contributed by atoms with Crippen molar-refractivity contribution in [1.82, 2.24) is 9.97 Å². The summed E-state index contributed by atoms with van der Waals surface area (Å²) in [6, 6.07) is 8.80. The molecule has 0 unspecified atom stereocenters. The Hall–Kier alpha value is -2.57. The van der Waals surface area contributed by atoms with Gasteiger partial charge < -0.3 is 0 Å². The highest BCUT2D eigenvalue weighted by Gasteiger charge is 2.31. The van der Waals surface area contributed by atoms with E-state index in [2.05, 4.69) is 25.9 Å². The highest BCUT2D eigenvalue weighted by molar-refractivity contribution is 9.10. The Morgan fingerprint density at radius 1 is 1.00 bits per heavy atom. The van der Waals surface area contributed by atoms with Gasteiger partial charge in [0.05, 0.1) is 0 Å². The van der Waals surface area contributed by atoms with Gasteiger partial charge in [0.15, 0.2) is 11.4 Å². The molecule has 2 aromatic rings. The van der Waals surface area contributed by atoms with E-state index < -0.39 is 0 Å². The maximum atomic E-state index is 12.2. The quantitative estimate of drug-likeness (QED) is 0.635. The molecule has 1 aromatic carbocycles. The summed E-state index contributed by atoms with van der Waals surface area (Å²) < 4.78 is 0.772. The van der Waals surface area contributed by atoms with E-state index in [0.29, 0.717) is 16.8 Å². The van der Waals surface area contributed by atoms with Crippen LogP contribution in [0.25, 0.3) is 11.3 Å². The number of nitriles is 2. The van der Waals surface area contributed by atoms with Gasteiger partial charge in [0.1, 0.15) is 23.5 Å². The van der Waals surface area contributed by atoms with Gasteiger partial charge in [-0.3, -0.25) is 4.79 Å². The third-order valence-electron chi connectivity index (χ3n) is 2.80. The first-order valence-corrected chi connectivity index (χ1v) is 6.02. The van der Waals surface area contributed by atoms with Crippen molar-refractivity contribution in [1.29, 1.82) is 10.5 Å². The minimum absolute atomic E-state index is 0.0650. The number of carbonyl (C=O) groups is 1. The molecular weight excluding hydrogens is 308 g/mol. The maximum Gasteiger partial charge on any atom is 0.214 e. The second-order valence-corrected chi connectivity index (χ2v) is 4.78. The van der Waals surface area contributed by atoms with Crippen LogP contribution < -0.4 is 0 Å². The lowest BCUT2D eigenvalue weighted by Gasteiger charge is -1.99. The molecule has 1 aliphatic rings. The largest absolute Gasteiger partial charge is 0.287 e. The normalized spacial score (nSPS) is 11.4. The molecule has 0 radical (unpaired) electrons. The van der Waals surface area contributed by atoms with E-state index in [1.54, 1.807) is 24.3 Å². The molecule has 0 bridgehead atoms. The Bertz CT molecular complexity index is 830. The fourth-order valence-corrected chi connectivity index (χ4v) is 2.34. The van der Waals surface area contributed by atoms with Crippen molar-refractivity contribution in [2.75, 3.05) is 0 Å². The van der Waals surface area contributed by atoms with Gasteiger partial charge in [-0.15, -0.1) is 0 Å². The van der Waals surface area contributed by atoms with Crippen LogP contribution in [0.4, 0.5) is 0 Å². The first kappa shape index (κ1) is 11.5. The number of benzene rings is 1. The van der Waals surface area contributed by atoms with Gasteiger partial charge in [0, 0.05) is 15.6 Å². The molecular formula is C13H3BrN4O. The monoisotopic (exact) mass is 310 g/mol. The second-order valence-electron chi connectivity index (χ2n) is 3.86. The molecule has 0 fully saturated rings. The summed E-state index contributed by atoms with van der Waals surface area (Å²) in [5, 5.41) is 17.8. The molecule has 0 amide bonds. The fourth-order valence-electron chi connectivity index (χ4n) is 1.98. The molecule has 0 spiro atoms. The van der Waals surface area contributed by atoms with E-state index in [1.807, 2.05) is 6.07 Å². The Morgan fingerprint density at radius 3 is 2.26 bits per heavy atom. The molecule has 1 aliphatic carbocycles. The van der Waals surface area contributed by atoms with E-state index in [4.69, 9.17) is 10.5 Å². The molecule has 0 saturated carbocycles. The smallest absolute Gasteiger partial charge is 0.214 e. The first-order chi connectivity index (χ1) is 9.15. The molecule has 0 aliphatic heterocycles. The van der Waals surface area contributed by atoms with Crippen molar-refractivity contribution in [2.45, 2.75) is 0 Å². The van der Waals surface area contributed by atoms with Crippen LogP contribution in [0.1, 0.15) is 27.4 Å². The second kappa shape index (κ2) is 3.98. The van der Waals surface area contributed by atoms with Crippen molar-refractivity contribution in [3.8, 4) is 23.4 Å². The highest BCUT2D eigenvalue weighted by Crippen LogP contribution is 2.35. The molecule has 6 heteroatoms. The topological polar surface area (TPSA) is 90.4 Å². The van der Waals surface area contributed by atoms with Crippen LogP contribution in [0, 0.1) is 22.7 Å². The Morgan fingerprint density at radius 2 is 1.63 bits per heavy atom. The Balaban J connectivity index is 2.36. The summed E-state index contributed by atoms with van der Waals surface area (Å²) in [5.74, 6) is -0.278. The number of ketones is 1. The van der Waals surface area contributed by atoms with Crippen LogP contribution in [0.3, 0.4) is 0 Å². The molecule has 19 heavy (non-hydrogen) atoms. The zero-order chi connectivity index (χ0) is 13.6. The molecule has 5 nitrogen and oxygen atoms in total. The fraction of sp³-hybridized carbons (Fsp3) is 0. The van der Waals surface area contributed by atoms with Crippen LogP contribution in [-0.4, -0.2) is 15.8 Å². The van der Waals surface area contributed by atoms with E-state index >= 15 is 0 Å². The van der Waals surface area contributed by atoms with Gasteiger partial charge in [-0.2, -0.15) is 10.5 Å². The van der Waals surface area contributed by atoms with E-state index in [9.17, 15) is 4.79 Å². The third-order valence-corrected chi connectivity index (χ3v) is 3.30. The molecule has 1 heterocycles. The lowest BCUT2D eigenvalue weighted by molar-refractivity contribution is 0.103. The first-order valence-electron chi connectivity index (χ1n) is 5.22. The number of halogens is 1. The van der Waals surface area contributed by atoms with Gasteiger partial charge in [-0.25, -0.2) is 9.97 Å². The number of fused-ring (bicyclic) bond motifs is 3. The number of hydrogen-bond donors (Lipinski definition) is 0. The minimum atomic E-state index is -0.278. The number of hydrogen-bond acceptors (Lipinski definition) is 5. The van der Waals surface area contributed by atoms with Crippen LogP contribution in [0.15, 0.2) is 22.7 Å². The van der Waals surface area contributed by atoms with Crippen molar-refractivity contribution >= 4 is 21.7 Å². The lowest BCUT2D eigenvalue weighted by Crippen LogP contribution is -2.04. The summed E-state index contributed by atoms with van der Waals surface area (Å²) in [7, 11) is 0. The Kier molecular flexibility index (Phi) is 2.41. The zero-order valence-electron chi connectivity index (χ0n) is 9.31. The summed E-state index contributed by atoms with van der Waals surface area (Å²) >= 11 is 3.30.